The van der Waals surface area contributed by atoms with Crippen LogP contribution < -0.4 is 5.73 Å². The van der Waals surface area contributed by atoms with Crippen LogP contribution in [0.4, 0.5) is 14.5 Å². The molecule has 5 heteroatoms. The molecule has 0 saturated heterocycles. The monoisotopic (exact) mass is 221 g/mol. The Kier molecular flexibility index (Phi) is 2.52. The summed E-state index contributed by atoms with van der Waals surface area (Å²) in [6.07, 6.45) is 3.11. The van der Waals surface area contributed by atoms with Gasteiger partial charge in [-0.15, -0.1) is 0 Å². The molecule has 0 aliphatic heterocycles. The summed E-state index contributed by atoms with van der Waals surface area (Å²) in [5.74, 6) is -1.42. The summed E-state index contributed by atoms with van der Waals surface area (Å²) < 4.78 is 26.5. The quantitative estimate of drug-likeness (QED) is 0.752. The van der Waals surface area contributed by atoms with Crippen molar-refractivity contribution < 1.29 is 8.78 Å². The SMILES string of the molecule is Cc1cnc(-c2ccc(F)c(N)c2F)nc1. The molecule has 0 spiro atoms. The fourth-order valence-electron chi connectivity index (χ4n) is 1.27. The normalized spacial score (nSPS) is 10.4. The van der Waals surface area contributed by atoms with E-state index in [-0.39, 0.29) is 11.4 Å². The number of nitrogens with two attached hydrogens (primary N) is 1. The van der Waals surface area contributed by atoms with E-state index in [2.05, 4.69) is 9.97 Å². The topological polar surface area (TPSA) is 51.8 Å². The van der Waals surface area contributed by atoms with Crippen molar-refractivity contribution in [3.63, 3.8) is 0 Å². The second kappa shape index (κ2) is 3.84. The Morgan fingerprint density at radius 2 is 1.75 bits per heavy atom. The van der Waals surface area contributed by atoms with E-state index in [1.165, 1.54) is 6.07 Å². The fraction of sp³-hybridized carbons (Fsp3) is 0.0909. The average molecular weight is 221 g/mol. The standard InChI is InChI=1S/C11H9F2N3/c1-6-4-15-11(16-5-6)7-2-3-8(12)10(14)9(7)13/h2-5H,14H2,1H3. The maximum atomic E-state index is 13.6. The van der Waals surface area contributed by atoms with E-state index >= 15 is 0 Å². The summed E-state index contributed by atoms with van der Waals surface area (Å²) in [5, 5.41) is 0. The number of halogens is 2. The van der Waals surface area contributed by atoms with Crippen LogP contribution in [0.5, 0.6) is 0 Å². The number of hydrogen-bond acceptors (Lipinski definition) is 3. The summed E-state index contributed by atoms with van der Waals surface area (Å²) in [6.45, 7) is 1.82. The minimum atomic E-state index is -0.830. The minimum absolute atomic E-state index is 0.0962. The van der Waals surface area contributed by atoms with E-state index in [1.54, 1.807) is 12.4 Å². The van der Waals surface area contributed by atoms with Crippen LogP contribution in [0.15, 0.2) is 24.5 Å². The van der Waals surface area contributed by atoms with Crippen molar-refractivity contribution in [2.45, 2.75) is 6.92 Å². The van der Waals surface area contributed by atoms with Crippen molar-refractivity contribution in [1.82, 2.24) is 9.97 Å². The number of nitrogens with zero attached hydrogens (tertiary/aromatic N) is 2. The molecule has 0 radical (unpaired) electrons. The summed E-state index contributed by atoms with van der Waals surface area (Å²) in [5.41, 5.74) is 5.69. The van der Waals surface area contributed by atoms with Crippen LogP contribution in [-0.4, -0.2) is 9.97 Å². The molecule has 0 saturated carbocycles. The second-order valence-electron chi connectivity index (χ2n) is 3.41. The Hall–Kier alpha value is -2.04. The Morgan fingerprint density at radius 3 is 2.38 bits per heavy atom. The smallest absolute Gasteiger partial charge is 0.162 e. The number of benzene rings is 1. The predicted molar refractivity (Wildman–Crippen MR) is 56.5 cm³/mol. The lowest BCUT2D eigenvalue weighted by atomic mass is 10.1. The highest BCUT2D eigenvalue weighted by Crippen LogP contribution is 2.25. The van der Waals surface area contributed by atoms with Crippen LogP contribution in [0.25, 0.3) is 11.4 Å². The van der Waals surface area contributed by atoms with Gasteiger partial charge >= 0.3 is 0 Å². The molecular formula is C11H9F2N3. The van der Waals surface area contributed by atoms with Gasteiger partial charge in [0.25, 0.3) is 0 Å². The maximum absolute atomic E-state index is 13.6. The second-order valence-corrected chi connectivity index (χ2v) is 3.41. The number of hydrogen-bond donors (Lipinski definition) is 1. The van der Waals surface area contributed by atoms with Gasteiger partial charge in [-0.3, -0.25) is 0 Å². The lowest BCUT2D eigenvalue weighted by Gasteiger charge is -2.05. The van der Waals surface area contributed by atoms with E-state index in [4.69, 9.17) is 5.73 Å². The first-order valence-electron chi connectivity index (χ1n) is 4.62. The lowest BCUT2D eigenvalue weighted by Crippen LogP contribution is -1.99. The number of nitrogen functional groups attached to an aromatic ring is 1. The molecule has 2 N–H and O–H groups in total. The molecule has 2 aromatic rings. The molecule has 82 valence electrons. The maximum Gasteiger partial charge on any atom is 0.162 e. The molecule has 0 fully saturated rings. The molecule has 1 heterocycles. The number of aromatic nitrogens is 2. The number of anilines is 1. The van der Waals surface area contributed by atoms with E-state index in [0.717, 1.165) is 11.6 Å². The van der Waals surface area contributed by atoms with Gasteiger partial charge in [0.05, 0.1) is 5.56 Å². The molecule has 1 aromatic heterocycles. The third kappa shape index (κ3) is 1.71. The van der Waals surface area contributed by atoms with Gasteiger partial charge in [-0.25, -0.2) is 18.7 Å². The number of aryl methyl sites for hydroxylation is 1. The number of rotatable bonds is 1. The first kappa shape index (κ1) is 10.5. The van der Waals surface area contributed by atoms with Crippen molar-refractivity contribution in [3.05, 3.63) is 41.7 Å². The summed E-state index contributed by atoms with van der Waals surface area (Å²) in [4.78, 5) is 7.90. The molecule has 3 nitrogen and oxygen atoms in total. The summed E-state index contributed by atoms with van der Waals surface area (Å²) in [7, 11) is 0. The van der Waals surface area contributed by atoms with Crippen LogP contribution in [0.3, 0.4) is 0 Å². The van der Waals surface area contributed by atoms with Gasteiger partial charge in [0, 0.05) is 12.4 Å². The van der Waals surface area contributed by atoms with Gasteiger partial charge in [0.2, 0.25) is 0 Å². The Balaban J connectivity index is 2.57. The molecule has 0 bridgehead atoms. The first-order chi connectivity index (χ1) is 7.59. The molecule has 16 heavy (non-hydrogen) atoms. The van der Waals surface area contributed by atoms with E-state index in [9.17, 15) is 8.78 Å². The zero-order valence-corrected chi connectivity index (χ0v) is 8.54. The van der Waals surface area contributed by atoms with Gasteiger partial charge in [-0.1, -0.05) is 0 Å². The highest BCUT2D eigenvalue weighted by Gasteiger charge is 2.13. The summed E-state index contributed by atoms with van der Waals surface area (Å²) in [6, 6.07) is 2.36. The zero-order chi connectivity index (χ0) is 11.7. The van der Waals surface area contributed by atoms with E-state index < -0.39 is 17.3 Å². The molecule has 0 aliphatic rings. The third-order valence-corrected chi connectivity index (χ3v) is 2.15. The van der Waals surface area contributed by atoms with Crippen molar-refractivity contribution >= 4 is 5.69 Å². The van der Waals surface area contributed by atoms with Crippen LogP contribution >= 0.6 is 0 Å². The van der Waals surface area contributed by atoms with Gasteiger partial charge in [0.1, 0.15) is 11.5 Å². The fourth-order valence-corrected chi connectivity index (χ4v) is 1.27. The minimum Gasteiger partial charge on any atom is -0.394 e. The van der Waals surface area contributed by atoms with Crippen LogP contribution in [0.1, 0.15) is 5.56 Å². The first-order valence-corrected chi connectivity index (χ1v) is 4.62. The summed E-state index contributed by atoms with van der Waals surface area (Å²) >= 11 is 0. The Morgan fingerprint density at radius 1 is 1.12 bits per heavy atom. The van der Waals surface area contributed by atoms with E-state index in [1.807, 2.05) is 6.92 Å². The molecular weight excluding hydrogens is 212 g/mol. The van der Waals surface area contributed by atoms with Crippen LogP contribution in [-0.2, 0) is 0 Å². The third-order valence-electron chi connectivity index (χ3n) is 2.15. The van der Waals surface area contributed by atoms with Gasteiger partial charge in [-0.05, 0) is 24.6 Å². The van der Waals surface area contributed by atoms with Crippen LogP contribution in [0.2, 0.25) is 0 Å². The molecule has 0 unspecified atom stereocenters. The van der Waals surface area contributed by atoms with Crippen molar-refractivity contribution in [2.75, 3.05) is 5.73 Å². The van der Waals surface area contributed by atoms with Gasteiger partial charge in [-0.2, -0.15) is 0 Å². The van der Waals surface area contributed by atoms with Crippen molar-refractivity contribution in [2.24, 2.45) is 0 Å². The predicted octanol–water partition coefficient (Wildman–Crippen LogP) is 2.31. The van der Waals surface area contributed by atoms with E-state index in [0.29, 0.717) is 0 Å². The van der Waals surface area contributed by atoms with Gasteiger partial charge < -0.3 is 5.73 Å². The highest BCUT2D eigenvalue weighted by molar-refractivity contribution is 5.62. The van der Waals surface area contributed by atoms with Crippen molar-refractivity contribution in [3.8, 4) is 11.4 Å². The molecule has 0 amide bonds. The highest BCUT2D eigenvalue weighted by atomic mass is 19.1. The molecule has 0 atom stereocenters. The Bertz CT molecular complexity index is 523. The molecule has 0 aliphatic carbocycles. The molecule has 2 rings (SSSR count). The largest absolute Gasteiger partial charge is 0.394 e. The van der Waals surface area contributed by atoms with Gasteiger partial charge in [0.15, 0.2) is 11.6 Å². The average Bonchev–Trinajstić information content (AvgIpc) is 2.28. The van der Waals surface area contributed by atoms with Crippen LogP contribution in [0, 0.1) is 18.6 Å². The lowest BCUT2D eigenvalue weighted by molar-refractivity contribution is 0.593. The Labute approximate surface area is 91.0 Å². The zero-order valence-electron chi connectivity index (χ0n) is 8.54. The van der Waals surface area contributed by atoms with Crippen molar-refractivity contribution in [1.29, 1.82) is 0 Å². The molecule has 1 aromatic carbocycles.